The van der Waals surface area contributed by atoms with Gasteiger partial charge in [-0.05, 0) is 30.2 Å². The number of dihydropyridines is 1. The van der Waals surface area contributed by atoms with E-state index in [2.05, 4.69) is 4.99 Å². The Kier molecular flexibility index (Phi) is 7.80. The quantitative estimate of drug-likeness (QED) is 0.570. The van der Waals surface area contributed by atoms with Gasteiger partial charge in [0.25, 0.3) is 0 Å². The summed E-state index contributed by atoms with van der Waals surface area (Å²) >= 11 is 13.9. The molecule has 0 radical (unpaired) electrons. The fraction of sp³-hybridized carbons (Fsp3) is 0.333. The van der Waals surface area contributed by atoms with Gasteiger partial charge >= 0.3 is 6.09 Å². The lowest BCUT2D eigenvalue weighted by Crippen LogP contribution is -2.19. The van der Waals surface area contributed by atoms with Crippen LogP contribution in [-0.2, 0) is 22.5 Å². The lowest BCUT2D eigenvalue weighted by molar-refractivity contribution is -0.117. The Labute approximate surface area is 194 Å². The van der Waals surface area contributed by atoms with Gasteiger partial charge in [0, 0.05) is 27.8 Å². The number of rotatable bonds is 8. The number of carbonyl (C=O) groups is 2. The van der Waals surface area contributed by atoms with Crippen LogP contribution in [0.5, 0.6) is 0 Å². The molecule has 2 amide bonds. The highest BCUT2D eigenvalue weighted by Crippen LogP contribution is 2.37. The van der Waals surface area contributed by atoms with Crippen molar-refractivity contribution in [2.45, 2.75) is 49.1 Å². The minimum Gasteiger partial charge on any atom is -0.449 e. The monoisotopic (exact) mass is 480 g/mol. The third-order valence-corrected chi connectivity index (χ3v) is 5.91. The van der Waals surface area contributed by atoms with Crippen molar-refractivity contribution in [3.63, 3.8) is 0 Å². The Morgan fingerprint density at radius 3 is 2.61 bits per heavy atom. The molecular weight excluding hydrogens is 459 g/mol. The number of carbonyl (C=O) groups excluding carboxylic acids is 2. The first-order valence-corrected chi connectivity index (χ1v) is 11.2. The van der Waals surface area contributed by atoms with Crippen LogP contribution in [0, 0.1) is 0 Å². The summed E-state index contributed by atoms with van der Waals surface area (Å²) in [6, 6.07) is 5.33. The summed E-state index contributed by atoms with van der Waals surface area (Å²) in [5.74, 6) is 0.644. The number of nitrogens with zero attached hydrogens (tertiary/aromatic N) is 3. The normalized spacial score (nSPS) is 13.6. The molecule has 31 heavy (non-hydrogen) atoms. The summed E-state index contributed by atoms with van der Waals surface area (Å²) in [6.07, 6.45) is 3.46. The van der Waals surface area contributed by atoms with E-state index in [0.717, 1.165) is 15.6 Å². The van der Waals surface area contributed by atoms with Crippen LogP contribution in [0.25, 0.3) is 0 Å². The smallest absolute Gasteiger partial charge is 0.404 e. The molecule has 1 aromatic heterocycles. The molecule has 0 bridgehead atoms. The van der Waals surface area contributed by atoms with Gasteiger partial charge in [-0.1, -0.05) is 54.9 Å². The number of halogens is 2. The molecule has 3 rings (SSSR count). The van der Waals surface area contributed by atoms with Crippen molar-refractivity contribution in [2.24, 2.45) is 10.7 Å². The van der Waals surface area contributed by atoms with Gasteiger partial charge in [-0.15, -0.1) is 0 Å². The summed E-state index contributed by atoms with van der Waals surface area (Å²) in [5, 5.41) is 1.95. The predicted octanol–water partition coefficient (Wildman–Crippen LogP) is 5.03. The number of aromatic nitrogens is 2. The lowest BCUT2D eigenvalue weighted by Gasteiger charge is -2.15. The van der Waals surface area contributed by atoms with Gasteiger partial charge in [0.1, 0.15) is 17.5 Å². The summed E-state index contributed by atoms with van der Waals surface area (Å²) in [5.41, 5.74) is 6.60. The van der Waals surface area contributed by atoms with Crippen LogP contribution in [0.4, 0.5) is 4.79 Å². The van der Waals surface area contributed by atoms with E-state index < -0.39 is 6.09 Å². The van der Waals surface area contributed by atoms with Crippen molar-refractivity contribution in [3.8, 4) is 0 Å². The SMILES string of the molecule is CC(C)c1nc(CCOC(N)=O)n(CC2=NC(=O)CC=C2)c1Sc1cc(Cl)cc(Cl)c1. The van der Waals surface area contributed by atoms with Crippen molar-refractivity contribution < 1.29 is 14.3 Å². The van der Waals surface area contributed by atoms with Gasteiger partial charge in [0.05, 0.1) is 18.0 Å². The summed E-state index contributed by atoms with van der Waals surface area (Å²) in [7, 11) is 0. The van der Waals surface area contributed by atoms with E-state index in [-0.39, 0.29) is 18.4 Å². The standard InChI is InChI=1S/C21H22Cl2N4O3S/c1-12(2)19-20(31-16-9-13(22)8-14(23)10-16)27(11-15-4-3-5-18(28)25-15)17(26-19)6-7-30-21(24)29/h3-4,8-10,12H,5-7,11H2,1-2H3,(H2,24,29). The van der Waals surface area contributed by atoms with Crippen LogP contribution in [0.3, 0.4) is 0 Å². The second-order valence-electron chi connectivity index (χ2n) is 7.19. The topological polar surface area (TPSA) is 99.6 Å². The van der Waals surface area contributed by atoms with Crippen LogP contribution in [0.1, 0.15) is 37.7 Å². The number of nitrogens with two attached hydrogens (primary N) is 1. The van der Waals surface area contributed by atoms with Crippen LogP contribution in [0.15, 0.2) is 45.3 Å². The number of allylic oxidation sites excluding steroid dienone is 1. The van der Waals surface area contributed by atoms with Crippen LogP contribution in [0.2, 0.25) is 10.0 Å². The number of imidazole rings is 1. The summed E-state index contributed by atoms with van der Waals surface area (Å²) in [6.45, 7) is 4.54. The first-order chi connectivity index (χ1) is 14.7. The second kappa shape index (κ2) is 10.3. The van der Waals surface area contributed by atoms with Crippen molar-refractivity contribution in [3.05, 3.63) is 51.9 Å². The first kappa shape index (κ1) is 23.4. The maximum atomic E-state index is 11.8. The Hall–Kier alpha value is -2.29. The molecule has 0 saturated heterocycles. The molecule has 164 valence electrons. The zero-order chi connectivity index (χ0) is 22.5. The van der Waals surface area contributed by atoms with Gasteiger partial charge < -0.3 is 15.0 Å². The molecular formula is C21H22Cl2N4O3S. The lowest BCUT2D eigenvalue weighted by atomic mass is 10.1. The summed E-state index contributed by atoms with van der Waals surface area (Å²) in [4.78, 5) is 32.6. The van der Waals surface area contributed by atoms with Gasteiger partial charge in [-0.3, -0.25) is 4.79 Å². The molecule has 1 aliphatic rings. The van der Waals surface area contributed by atoms with E-state index in [1.165, 1.54) is 11.8 Å². The highest BCUT2D eigenvalue weighted by molar-refractivity contribution is 7.99. The van der Waals surface area contributed by atoms with Gasteiger partial charge in [0.15, 0.2) is 0 Å². The largest absolute Gasteiger partial charge is 0.449 e. The molecule has 0 aliphatic carbocycles. The van der Waals surface area contributed by atoms with E-state index in [9.17, 15) is 9.59 Å². The summed E-state index contributed by atoms with van der Waals surface area (Å²) < 4.78 is 6.90. The molecule has 2 heterocycles. The molecule has 0 saturated carbocycles. The van der Waals surface area contributed by atoms with Gasteiger partial charge in [0.2, 0.25) is 5.91 Å². The number of ether oxygens (including phenoxy) is 1. The van der Waals surface area contributed by atoms with Gasteiger partial charge in [-0.25, -0.2) is 14.8 Å². The predicted molar refractivity (Wildman–Crippen MR) is 122 cm³/mol. The Morgan fingerprint density at radius 1 is 1.29 bits per heavy atom. The molecule has 10 heteroatoms. The van der Waals surface area contributed by atoms with Crippen molar-refractivity contribution >= 4 is 52.7 Å². The van der Waals surface area contributed by atoms with E-state index in [1.54, 1.807) is 12.1 Å². The van der Waals surface area contributed by atoms with Gasteiger partial charge in [-0.2, -0.15) is 0 Å². The minimum atomic E-state index is -0.837. The number of hydrogen-bond acceptors (Lipinski definition) is 5. The van der Waals surface area contributed by atoms with Crippen LogP contribution in [-0.4, -0.2) is 33.9 Å². The Balaban J connectivity index is 2.04. The zero-order valence-corrected chi connectivity index (χ0v) is 19.4. The maximum absolute atomic E-state index is 11.8. The molecule has 0 fully saturated rings. The van der Waals surface area contributed by atoms with Crippen LogP contribution < -0.4 is 5.73 Å². The number of primary amides is 1. The number of amides is 2. The number of benzene rings is 1. The third kappa shape index (κ3) is 6.35. The molecule has 0 unspecified atom stereocenters. The number of aliphatic imine (C=N–C) groups is 1. The van der Waals surface area contributed by atoms with E-state index in [0.29, 0.717) is 41.0 Å². The average molecular weight is 481 g/mol. The van der Waals surface area contributed by atoms with Crippen LogP contribution >= 0.6 is 35.0 Å². The maximum Gasteiger partial charge on any atom is 0.404 e. The molecule has 1 aromatic carbocycles. The first-order valence-electron chi connectivity index (χ1n) is 9.65. The highest BCUT2D eigenvalue weighted by Gasteiger charge is 2.22. The van der Waals surface area contributed by atoms with Crippen molar-refractivity contribution in [2.75, 3.05) is 6.61 Å². The highest BCUT2D eigenvalue weighted by atomic mass is 35.5. The number of hydrogen-bond donors (Lipinski definition) is 1. The van der Waals surface area contributed by atoms with Crippen molar-refractivity contribution in [1.82, 2.24) is 9.55 Å². The molecule has 7 nitrogen and oxygen atoms in total. The molecule has 1 aliphatic heterocycles. The second-order valence-corrected chi connectivity index (χ2v) is 9.12. The zero-order valence-electron chi connectivity index (χ0n) is 17.1. The Morgan fingerprint density at radius 2 is 2.00 bits per heavy atom. The molecule has 2 N–H and O–H groups in total. The fourth-order valence-corrected chi connectivity index (χ4v) is 4.99. The van der Waals surface area contributed by atoms with E-state index in [1.807, 2.05) is 36.6 Å². The minimum absolute atomic E-state index is 0.0955. The molecule has 0 atom stereocenters. The average Bonchev–Trinajstić information content (AvgIpc) is 2.98. The van der Waals surface area contributed by atoms with E-state index >= 15 is 0 Å². The Bertz CT molecular complexity index is 1040. The molecule has 0 spiro atoms. The fourth-order valence-electron chi connectivity index (χ4n) is 3.07. The van der Waals surface area contributed by atoms with Crippen molar-refractivity contribution in [1.29, 1.82) is 0 Å². The third-order valence-electron chi connectivity index (χ3n) is 4.38. The van der Waals surface area contributed by atoms with E-state index in [4.69, 9.17) is 38.7 Å². The molecule has 2 aromatic rings.